The van der Waals surface area contributed by atoms with Gasteiger partial charge < -0.3 is 4.74 Å². The number of rotatable bonds is 4. The normalized spacial score (nSPS) is 32.6. The van der Waals surface area contributed by atoms with Gasteiger partial charge in [-0.15, -0.1) is 0 Å². The molecule has 130 valence electrons. The van der Waals surface area contributed by atoms with E-state index in [1.165, 1.54) is 31.2 Å². The third-order valence-electron chi connectivity index (χ3n) is 6.44. The highest BCUT2D eigenvalue weighted by Gasteiger charge is 2.52. The van der Waals surface area contributed by atoms with Gasteiger partial charge in [0.2, 0.25) is 0 Å². The number of ether oxygens (including phenoxy) is 1. The number of aromatic nitrogens is 1. The fraction of sp³-hybridized carbons (Fsp3) is 0.700. The van der Waals surface area contributed by atoms with Gasteiger partial charge in [0.05, 0.1) is 6.61 Å². The van der Waals surface area contributed by atoms with Gasteiger partial charge in [-0.1, -0.05) is 0 Å². The summed E-state index contributed by atoms with van der Waals surface area (Å²) < 4.78 is 6.23. The number of hydrogen-bond acceptors (Lipinski definition) is 4. The Morgan fingerprint density at radius 1 is 1.17 bits per heavy atom. The molecule has 3 aliphatic rings. The van der Waals surface area contributed by atoms with Crippen molar-refractivity contribution in [2.45, 2.75) is 63.0 Å². The van der Waals surface area contributed by atoms with Gasteiger partial charge in [-0.3, -0.25) is 14.7 Å². The summed E-state index contributed by atoms with van der Waals surface area (Å²) >= 11 is 0. The van der Waals surface area contributed by atoms with Crippen molar-refractivity contribution in [3.05, 3.63) is 30.1 Å². The Kier molecular flexibility index (Phi) is 4.44. The minimum atomic E-state index is -0.439. The van der Waals surface area contributed by atoms with Crippen LogP contribution in [0.25, 0.3) is 0 Å². The third kappa shape index (κ3) is 3.02. The van der Waals surface area contributed by atoms with Crippen LogP contribution >= 0.6 is 0 Å². The van der Waals surface area contributed by atoms with E-state index < -0.39 is 5.60 Å². The lowest BCUT2D eigenvalue weighted by Gasteiger charge is -2.44. The van der Waals surface area contributed by atoms with Crippen molar-refractivity contribution in [3.8, 4) is 0 Å². The first kappa shape index (κ1) is 16.2. The molecule has 3 heterocycles. The van der Waals surface area contributed by atoms with Crippen LogP contribution in [0.1, 0.15) is 56.9 Å². The van der Waals surface area contributed by atoms with Gasteiger partial charge in [-0.05, 0) is 88.1 Å². The van der Waals surface area contributed by atoms with Crippen LogP contribution in [0.3, 0.4) is 0 Å². The summed E-state index contributed by atoms with van der Waals surface area (Å²) in [5.41, 5.74) is 0.986. The van der Waals surface area contributed by atoms with Crippen molar-refractivity contribution in [3.63, 3.8) is 0 Å². The quantitative estimate of drug-likeness (QED) is 0.851. The minimum absolute atomic E-state index is 0.250. The summed E-state index contributed by atoms with van der Waals surface area (Å²) in [5.74, 6) is 1.41. The van der Waals surface area contributed by atoms with Crippen LogP contribution in [-0.2, 0) is 9.53 Å². The number of carbonyl (C=O) groups excluding carboxylic acids is 1. The molecule has 24 heavy (non-hydrogen) atoms. The van der Waals surface area contributed by atoms with Crippen LogP contribution in [0.4, 0.5) is 0 Å². The second-order valence-electron chi connectivity index (χ2n) is 7.81. The number of pyridine rings is 1. The Labute approximate surface area is 144 Å². The van der Waals surface area contributed by atoms with Gasteiger partial charge in [0.15, 0.2) is 5.78 Å². The monoisotopic (exact) mass is 328 g/mol. The Balaban J connectivity index is 1.32. The maximum atomic E-state index is 12.1. The molecule has 2 atom stereocenters. The Hall–Kier alpha value is -1.26. The lowest BCUT2D eigenvalue weighted by atomic mass is 9.83. The lowest BCUT2D eigenvalue weighted by Crippen LogP contribution is -2.53. The van der Waals surface area contributed by atoms with Gasteiger partial charge in [-0.2, -0.15) is 0 Å². The zero-order chi connectivity index (χ0) is 16.6. The molecule has 0 radical (unpaired) electrons. The standard InChI is InChI=1S/C20H28N2O2/c1-15(23)20(18-2-3-18)9-4-19(14-24-20)22-12-7-17(8-13-22)16-5-10-21-11-6-16/h5-6,10-11,17-19H,2-4,7-9,12-14H2,1H3/t19?,20-/m1/s1. The molecule has 1 unspecified atom stereocenters. The van der Waals surface area contributed by atoms with Crippen LogP contribution in [0.2, 0.25) is 0 Å². The first-order chi connectivity index (χ1) is 11.7. The zero-order valence-corrected chi connectivity index (χ0v) is 14.6. The number of ketones is 1. The molecular weight excluding hydrogens is 300 g/mol. The topological polar surface area (TPSA) is 42.4 Å². The summed E-state index contributed by atoms with van der Waals surface area (Å²) in [4.78, 5) is 18.9. The Morgan fingerprint density at radius 2 is 1.88 bits per heavy atom. The van der Waals surface area contributed by atoms with Crippen LogP contribution < -0.4 is 0 Å². The molecule has 1 aromatic rings. The van der Waals surface area contributed by atoms with E-state index in [4.69, 9.17) is 4.74 Å². The molecule has 0 N–H and O–H groups in total. The smallest absolute Gasteiger partial charge is 0.161 e. The van der Waals surface area contributed by atoms with E-state index in [0.29, 0.717) is 17.9 Å². The number of piperidine rings is 1. The van der Waals surface area contributed by atoms with Crippen molar-refractivity contribution < 1.29 is 9.53 Å². The average Bonchev–Trinajstić information content (AvgIpc) is 3.48. The largest absolute Gasteiger partial charge is 0.365 e. The van der Waals surface area contributed by atoms with Crippen molar-refractivity contribution in [2.75, 3.05) is 19.7 Å². The van der Waals surface area contributed by atoms with Gasteiger partial charge in [0, 0.05) is 18.4 Å². The molecule has 0 aromatic carbocycles. The van der Waals surface area contributed by atoms with E-state index in [1.54, 1.807) is 6.92 Å². The van der Waals surface area contributed by atoms with E-state index in [9.17, 15) is 4.79 Å². The maximum absolute atomic E-state index is 12.1. The second-order valence-corrected chi connectivity index (χ2v) is 7.81. The molecule has 4 nitrogen and oxygen atoms in total. The SMILES string of the molecule is CC(=O)[C@@]1(C2CC2)CCC(N2CCC(c3ccncc3)CC2)CO1. The van der Waals surface area contributed by atoms with E-state index in [0.717, 1.165) is 32.5 Å². The van der Waals surface area contributed by atoms with Gasteiger partial charge in [0.25, 0.3) is 0 Å². The molecule has 3 fully saturated rings. The number of carbonyl (C=O) groups is 1. The molecular formula is C20H28N2O2. The maximum Gasteiger partial charge on any atom is 0.161 e. The minimum Gasteiger partial charge on any atom is -0.365 e. The summed E-state index contributed by atoms with van der Waals surface area (Å²) in [5, 5.41) is 0. The number of nitrogens with zero attached hydrogens (tertiary/aromatic N) is 2. The van der Waals surface area contributed by atoms with Crippen molar-refractivity contribution in [1.29, 1.82) is 0 Å². The van der Waals surface area contributed by atoms with Gasteiger partial charge in [0.1, 0.15) is 5.60 Å². The molecule has 4 heteroatoms. The predicted molar refractivity (Wildman–Crippen MR) is 92.9 cm³/mol. The molecule has 2 saturated heterocycles. The molecule has 0 amide bonds. The first-order valence-corrected chi connectivity index (χ1v) is 9.48. The highest BCUT2D eigenvalue weighted by Crippen LogP contribution is 2.47. The number of likely N-dealkylation sites (tertiary alicyclic amines) is 1. The van der Waals surface area contributed by atoms with E-state index in [1.807, 2.05) is 12.4 Å². The summed E-state index contributed by atoms with van der Waals surface area (Å²) in [7, 11) is 0. The Morgan fingerprint density at radius 3 is 2.42 bits per heavy atom. The van der Waals surface area contributed by atoms with Crippen LogP contribution in [0, 0.1) is 5.92 Å². The third-order valence-corrected chi connectivity index (χ3v) is 6.44. The number of Topliss-reactive ketones (excluding diaryl/α,β-unsaturated/α-hetero) is 1. The van der Waals surface area contributed by atoms with Gasteiger partial charge in [-0.25, -0.2) is 0 Å². The first-order valence-electron chi connectivity index (χ1n) is 9.48. The summed E-state index contributed by atoms with van der Waals surface area (Å²) in [6.45, 7) is 4.73. The summed E-state index contributed by atoms with van der Waals surface area (Å²) in [6.07, 6.45) is 10.6. The van der Waals surface area contributed by atoms with Crippen LogP contribution in [-0.4, -0.2) is 47.0 Å². The highest BCUT2D eigenvalue weighted by atomic mass is 16.5. The van der Waals surface area contributed by atoms with E-state index in [-0.39, 0.29) is 5.78 Å². The fourth-order valence-corrected chi connectivity index (χ4v) is 4.74. The zero-order valence-electron chi connectivity index (χ0n) is 14.6. The highest BCUT2D eigenvalue weighted by molar-refractivity contribution is 5.86. The van der Waals surface area contributed by atoms with E-state index >= 15 is 0 Å². The molecule has 1 saturated carbocycles. The van der Waals surface area contributed by atoms with Crippen LogP contribution in [0.15, 0.2) is 24.5 Å². The predicted octanol–water partition coefficient (Wildman–Crippen LogP) is 3.18. The van der Waals surface area contributed by atoms with Crippen LogP contribution in [0.5, 0.6) is 0 Å². The number of hydrogen-bond donors (Lipinski definition) is 0. The van der Waals surface area contributed by atoms with Crippen molar-refractivity contribution >= 4 is 5.78 Å². The fourth-order valence-electron chi connectivity index (χ4n) is 4.74. The van der Waals surface area contributed by atoms with Gasteiger partial charge >= 0.3 is 0 Å². The molecule has 4 rings (SSSR count). The summed E-state index contributed by atoms with van der Waals surface area (Å²) in [6, 6.07) is 4.80. The molecule has 1 aliphatic carbocycles. The molecule has 1 aromatic heterocycles. The molecule has 0 bridgehead atoms. The average molecular weight is 328 g/mol. The van der Waals surface area contributed by atoms with E-state index in [2.05, 4.69) is 22.0 Å². The van der Waals surface area contributed by atoms with Crippen molar-refractivity contribution in [2.24, 2.45) is 5.92 Å². The molecule has 0 spiro atoms. The molecule has 2 aliphatic heterocycles. The Bertz CT molecular complexity index is 569. The lowest BCUT2D eigenvalue weighted by molar-refractivity contribution is -0.160. The second kappa shape index (κ2) is 6.57. The van der Waals surface area contributed by atoms with Crippen molar-refractivity contribution in [1.82, 2.24) is 9.88 Å².